The van der Waals surface area contributed by atoms with Crippen molar-refractivity contribution in [2.75, 3.05) is 45.9 Å². The van der Waals surface area contributed by atoms with Crippen molar-refractivity contribution in [3.05, 3.63) is 18.5 Å². The Morgan fingerprint density at radius 2 is 2.00 bits per heavy atom. The minimum Gasteiger partial charge on any atom is -0.381 e. The molecule has 0 atom stereocenters. The lowest BCUT2D eigenvalue weighted by molar-refractivity contribution is -0.0139. The molecule has 2 aliphatic rings. The van der Waals surface area contributed by atoms with Gasteiger partial charge in [-0.05, 0) is 58.2 Å². The van der Waals surface area contributed by atoms with Gasteiger partial charge in [-0.1, -0.05) is 0 Å². The van der Waals surface area contributed by atoms with Crippen LogP contribution >= 0.6 is 24.0 Å². The van der Waals surface area contributed by atoms with E-state index in [4.69, 9.17) is 9.73 Å². The summed E-state index contributed by atoms with van der Waals surface area (Å²) in [5.74, 6) is 0.929. The second kappa shape index (κ2) is 11.9. The third-order valence-corrected chi connectivity index (χ3v) is 5.49. The minimum absolute atomic E-state index is 0. The van der Waals surface area contributed by atoms with E-state index in [0.29, 0.717) is 0 Å². The van der Waals surface area contributed by atoms with Gasteiger partial charge in [0.2, 0.25) is 0 Å². The Kier molecular flexibility index (Phi) is 9.84. The summed E-state index contributed by atoms with van der Waals surface area (Å²) < 4.78 is 7.61. The molecule has 27 heavy (non-hydrogen) atoms. The smallest absolute Gasteiger partial charge is 0.191 e. The maximum absolute atomic E-state index is 5.64. The van der Waals surface area contributed by atoms with Crippen molar-refractivity contribution in [2.24, 2.45) is 4.99 Å². The van der Waals surface area contributed by atoms with Gasteiger partial charge in [0.15, 0.2) is 5.96 Å². The van der Waals surface area contributed by atoms with Crippen LogP contribution in [0.4, 0.5) is 0 Å². The van der Waals surface area contributed by atoms with Gasteiger partial charge in [0.25, 0.3) is 0 Å². The predicted molar refractivity (Wildman–Crippen MR) is 120 cm³/mol. The number of aryl methyl sites for hydroxylation is 1. The summed E-state index contributed by atoms with van der Waals surface area (Å²) >= 11 is 0. The fourth-order valence-electron chi connectivity index (χ4n) is 3.97. The summed E-state index contributed by atoms with van der Waals surface area (Å²) in [4.78, 5) is 7.63. The lowest BCUT2D eigenvalue weighted by Gasteiger charge is -2.43. The summed E-state index contributed by atoms with van der Waals surface area (Å²) in [5, 5.41) is 11.1. The van der Waals surface area contributed by atoms with E-state index < -0.39 is 0 Å². The van der Waals surface area contributed by atoms with Gasteiger partial charge in [0, 0.05) is 50.8 Å². The van der Waals surface area contributed by atoms with Crippen LogP contribution in [0.25, 0.3) is 0 Å². The Morgan fingerprint density at radius 1 is 1.22 bits per heavy atom. The fraction of sp³-hybridized carbons (Fsp3) is 0.789. The molecule has 0 amide bonds. The monoisotopic (exact) mass is 490 g/mol. The van der Waals surface area contributed by atoms with E-state index in [9.17, 15) is 0 Å². The molecule has 2 N–H and O–H groups in total. The Labute approximate surface area is 180 Å². The molecule has 1 aromatic heterocycles. The average molecular weight is 490 g/mol. The van der Waals surface area contributed by atoms with Gasteiger partial charge in [-0.3, -0.25) is 14.6 Å². The molecule has 1 aromatic rings. The van der Waals surface area contributed by atoms with E-state index in [1.807, 2.05) is 23.1 Å². The van der Waals surface area contributed by atoms with Gasteiger partial charge < -0.3 is 15.4 Å². The van der Waals surface area contributed by atoms with Gasteiger partial charge >= 0.3 is 0 Å². The first-order chi connectivity index (χ1) is 12.8. The van der Waals surface area contributed by atoms with Crippen LogP contribution in [0.2, 0.25) is 0 Å². The summed E-state index contributed by atoms with van der Waals surface area (Å²) in [6, 6.07) is 1.96. The number of ether oxygens (including phenoxy) is 1. The Balaban J connectivity index is 0.00000261. The lowest BCUT2D eigenvalue weighted by atomic mass is 9.88. The van der Waals surface area contributed by atoms with Crippen LogP contribution in [0.3, 0.4) is 0 Å². The number of halogens is 1. The molecule has 0 spiro atoms. The molecule has 0 aromatic carbocycles. The molecule has 2 fully saturated rings. The van der Waals surface area contributed by atoms with Crippen LogP contribution in [0.15, 0.2) is 23.5 Å². The number of hydrogen-bond donors (Lipinski definition) is 2. The molecule has 8 heteroatoms. The van der Waals surface area contributed by atoms with Crippen molar-refractivity contribution in [3.63, 3.8) is 0 Å². The van der Waals surface area contributed by atoms with Crippen molar-refractivity contribution < 1.29 is 4.74 Å². The largest absolute Gasteiger partial charge is 0.381 e. The number of nitrogens with one attached hydrogen (secondary N) is 2. The number of nitrogens with zero attached hydrogens (tertiary/aromatic N) is 4. The zero-order valence-electron chi connectivity index (χ0n) is 16.5. The lowest BCUT2D eigenvalue weighted by Crippen LogP contribution is -2.54. The van der Waals surface area contributed by atoms with Crippen molar-refractivity contribution in [2.45, 2.75) is 51.1 Å². The summed E-state index contributed by atoms with van der Waals surface area (Å²) in [7, 11) is 0. The Bertz CT molecular complexity index is 538. The SMILES string of the molecule is CCNC(=NCC1(N2CCCC2)CCOCC1)NCCCn1cccn1.I. The molecule has 7 nitrogen and oxygen atoms in total. The van der Waals surface area contributed by atoms with Crippen molar-refractivity contribution >= 4 is 29.9 Å². The van der Waals surface area contributed by atoms with Gasteiger partial charge in [-0.25, -0.2) is 0 Å². The highest BCUT2D eigenvalue weighted by Crippen LogP contribution is 2.31. The standard InChI is InChI=1S/C19H34N6O.HI/c1-2-20-18(21-9-5-13-25-14-6-10-23-25)22-17-19(7-15-26-16-8-19)24-11-3-4-12-24;/h6,10,14H,2-5,7-9,11-13,15-17H2,1H3,(H2,20,21,22);1H. The molecular weight excluding hydrogens is 455 g/mol. The number of aromatic nitrogens is 2. The zero-order chi connectivity index (χ0) is 18.1. The Morgan fingerprint density at radius 3 is 2.67 bits per heavy atom. The number of hydrogen-bond acceptors (Lipinski definition) is 4. The van der Waals surface area contributed by atoms with E-state index >= 15 is 0 Å². The molecule has 2 saturated heterocycles. The highest BCUT2D eigenvalue weighted by Gasteiger charge is 2.39. The molecule has 2 aliphatic heterocycles. The molecule has 154 valence electrons. The molecule has 3 rings (SSSR count). The van der Waals surface area contributed by atoms with Gasteiger partial charge in [0.05, 0.1) is 6.54 Å². The van der Waals surface area contributed by atoms with Crippen LogP contribution in [0.1, 0.15) is 39.0 Å². The third kappa shape index (κ3) is 6.60. The topological polar surface area (TPSA) is 66.7 Å². The molecule has 3 heterocycles. The average Bonchev–Trinajstić information content (AvgIpc) is 3.38. The van der Waals surface area contributed by atoms with Crippen molar-refractivity contribution in [1.82, 2.24) is 25.3 Å². The summed E-state index contributed by atoms with van der Waals surface area (Å²) in [6.07, 6.45) is 9.67. The van der Waals surface area contributed by atoms with Crippen LogP contribution in [0, 0.1) is 0 Å². The highest BCUT2D eigenvalue weighted by atomic mass is 127. The third-order valence-electron chi connectivity index (χ3n) is 5.49. The molecule has 0 saturated carbocycles. The number of aliphatic imine (C=N–C) groups is 1. The molecule has 0 aliphatic carbocycles. The number of guanidine groups is 1. The van der Waals surface area contributed by atoms with Crippen LogP contribution in [0.5, 0.6) is 0 Å². The number of likely N-dealkylation sites (tertiary alicyclic amines) is 1. The first-order valence-electron chi connectivity index (χ1n) is 10.1. The maximum Gasteiger partial charge on any atom is 0.191 e. The molecule has 0 radical (unpaired) electrons. The summed E-state index contributed by atoms with van der Waals surface area (Å²) in [5.41, 5.74) is 0.187. The van der Waals surface area contributed by atoms with Crippen LogP contribution < -0.4 is 10.6 Å². The van der Waals surface area contributed by atoms with E-state index in [2.05, 4.69) is 27.6 Å². The van der Waals surface area contributed by atoms with Gasteiger partial charge in [0.1, 0.15) is 0 Å². The Hall–Kier alpha value is -0.870. The second-order valence-electron chi connectivity index (χ2n) is 7.28. The zero-order valence-corrected chi connectivity index (χ0v) is 18.9. The fourth-order valence-corrected chi connectivity index (χ4v) is 3.97. The number of rotatable bonds is 8. The van der Waals surface area contributed by atoms with E-state index in [0.717, 1.165) is 64.6 Å². The molecule has 0 bridgehead atoms. The normalized spacial score (nSPS) is 20.3. The maximum atomic E-state index is 5.64. The highest BCUT2D eigenvalue weighted by molar-refractivity contribution is 14.0. The minimum atomic E-state index is 0. The van der Waals surface area contributed by atoms with E-state index in [1.54, 1.807) is 0 Å². The van der Waals surface area contributed by atoms with E-state index in [1.165, 1.54) is 25.9 Å². The quantitative estimate of drug-likeness (QED) is 0.253. The van der Waals surface area contributed by atoms with Crippen LogP contribution in [-0.4, -0.2) is 72.1 Å². The van der Waals surface area contributed by atoms with Crippen molar-refractivity contribution in [3.8, 4) is 0 Å². The van der Waals surface area contributed by atoms with Crippen LogP contribution in [-0.2, 0) is 11.3 Å². The van der Waals surface area contributed by atoms with E-state index in [-0.39, 0.29) is 29.5 Å². The first kappa shape index (κ1) is 22.4. The summed E-state index contributed by atoms with van der Waals surface area (Å²) in [6.45, 7) is 9.81. The molecule has 0 unspecified atom stereocenters. The predicted octanol–water partition coefficient (Wildman–Crippen LogP) is 2.09. The van der Waals surface area contributed by atoms with Crippen molar-refractivity contribution in [1.29, 1.82) is 0 Å². The molecular formula is C19H35IN6O. The van der Waals surface area contributed by atoms with Gasteiger partial charge in [-0.15, -0.1) is 24.0 Å². The first-order valence-corrected chi connectivity index (χ1v) is 10.1. The van der Waals surface area contributed by atoms with Gasteiger partial charge in [-0.2, -0.15) is 5.10 Å². The second-order valence-corrected chi connectivity index (χ2v) is 7.28.